The summed E-state index contributed by atoms with van der Waals surface area (Å²) in [5.74, 6) is 0.579. The highest BCUT2D eigenvalue weighted by Gasteiger charge is 2.24. The first-order valence-electron chi connectivity index (χ1n) is 6.26. The molecule has 0 aliphatic carbocycles. The molecule has 1 amide bonds. The van der Waals surface area contributed by atoms with Crippen molar-refractivity contribution in [2.24, 2.45) is 0 Å². The quantitative estimate of drug-likeness (QED) is 0.482. The van der Waals surface area contributed by atoms with E-state index >= 15 is 0 Å². The second-order valence-electron chi connectivity index (χ2n) is 5.14. The Morgan fingerprint density at radius 1 is 1.35 bits per heavy atom. The molecule has 0 rings (SSSR count). The zero-order chi connectivity index (χ0) is 15.8. The van der Waals surface area contributed by atoms with Gasteiger partial charge in [-0.15, -0.1) is 0 Å². The van der Waals surface area contributed by atoms with Gasteiger partial charge in [-0.3, -0.25) is 0 Å². The van der Waals surface area contributed by atoms with Crippen molar-refractivity contribution < 1.29 is 29.1 Å². The Labute approximate surface area is 119 Å². The van der Waals surface area contributed by atoms with Crippen LogP contribution in [0.2, 0.25) is 0 Å². The summed E-state index contributed by atoms with van der Waals surface area (Å²) in [6, 6.07) is -0.852. The number of amides is 1. The zero-order valence-corrected chi connectivity index (χ0v) is 12.3. The van der Waals surface area contributed by atoms with Gasteiger partial charge in [0.15, 0.2) is 0 Å². The Hall–Kier alpha value is -1.54. The number of hydrogen-bond acceptors (Lipinski definition) is 6. The number of nitrogens with one attached hydrogen (secondary N) is 1. The Kier molecular flexibility index (Phi) is 7.94. The molecule has 0 saturated carbocycles. The van der Waals surface area contributed by atoms with Crippen molar-refractivity contribution in [1.29, 1.82) is 0 Å². The van der Waals surface area contributed by atoms with Crippen LogP contribution in [-0.2, 0) is 14.3 Å². The first-order valence-corrected chi connectivity index (χ1v) is 6.26. The zero-order valence-electron chi connectivity index (χ0n) is 12.3. The monoisotopic (exact) mass is 287 g/mol. The van der Waals surface area contributed by atoms with Gasteiger partial charge in [0.05, 0.1) is 7.11 Å². The molecule has 3 N–H and O–H groups in total. The lowest BCUT2D eigenvalue weighted by Gasteiger charge is -2.22. The van der Waals surface area contributed by atoms with Crippen LogP contribution in [0.5, 0.6) is 0 Å². The van der Waals surface area contributed by atoms with Crippen LogP contribution in [-0.4, -0.2) is 48.0 Å². The summed E-state index contributed by atoms with van der Waals surface area (Å²) >= 11 is 0. The fraction of sp³-hybridized carbons (Fsp3) is 0.667. The molecule has 0 aromatic rings. The Balaban J connectivity index is 4.43. The van der Waals surface area contributed by atoms with Crippen LogP contribution >= 0.6 is 0 Å². The molecule has 0 spiro atoms. The summed E-state index contributed by atoms with van der Waals surface area (Å²) in [5.41, 5.74) is -0.661. The second kappa shape index (κ2) is 8.60. The molecule has 0 bridgehead atoms. The van der Waals surface area contributed by atoms with E-state index in [1.807, 2.05) is 0 Å². The average Bonchev–Trinajstić information content (AvgIpc) is 2.29. The Bertz CT molecular complexity index is 350. The Morgan fingerprint density at radius 2 is 1.95 bits per heavy atom. The molecule has 0 heterocycles. The maximum atomic E-state index is 11.6. The van der Waals surface area contributed by atoms with Crippen LogP contribution in [0.25, 0.3) is 0 Å². The molecule has 114 valence electrons. The van der Waals surface area contributed by atoms with Crippen LogP contribution in [0.1, 0.15) is 33.6 Å². The van der Waals surface area contributed by atoms with Crippen molar-refractivity contribution in [3.63, 3.8) is 0 Å². The van der Waals surface area contributed by atoms with Crippen LogP contribution in [0.4, 0.5) is 4.79 Å². The summed E-state index contributed by atoms with van der Waals surface area (Å²) in [6.07, 6.45) is 1.42. The molecule has 0 fully saturated rings. The van der Waals surface area contributed by atoms with Crippen molar-refractivity contribution in [2.45, 2.75) is 45.3 Å². The number of hydrogen-bond donors (Lipinski definition) is 3. The maximum absolute atomic E-state index is 11.6. The number of ether oxygens (including phenoxy) is 2. The van der Waals surface area contributed by atoms with E-state index in [0.717, 1.165) is 0 Å². The largest absolute Gasteiger partial charge is 0.480 e. The maximum Gasteiger partial charge on any atom is 0.480 e. The van der Waals surface area contributed by atoms with Crippen molar-refractivity contribution >= 4 is 19.2 Å². The van der Waals surface area contributed by atoms with Gasteiger partial charge < -0.3 is 24.8 Å². The van der Waals surface area contributed by atoms with Gasteiger partial charge in [0, 0.05) is 0 Å². The molecule has 0 aliphatic heterocycles. The van der Waals surface area contributed by atoms with Crippen molar-refractivity contribution in [3.05, 3.63) is 12.1 Å². The highest BCUT2D eigenvalue weighted by Crippen LogP contribution is 2.08. The lowest BCUT2D eigenvalue weighted by atomic mass is 9.91. The van der Waals surface area contributed by atoms with Crippen LogP contribution in [0.3, 0.4) is 0 Å². The first kappa shape index (κ1) is 18.5. The van der Waals surface area contributed by atoms with E-state index in [4.69, 9.17) is 14.8 Å². The summed E-state index contributed by atoms with van der Waals surface area (Å²) in [4.78, 5) is 23.1. The molecule has 0 saturated heterocycles. The summed E-state index contributed by atoms with van der Waals surface area (Å²) in [6.45, 7) is 5.14. The van der Waals surface area contributed by atoms with Gasteiger partial charge in [-0.05, 0) is 33.6 Å². The lowest BCUT2D eigenvalue weighted by molar-refractivity contribution is -0.143. The van der Waals surface area contributed by atoms with Gasteiger partial charge in [0.2, 0.25) is 0 Å². The number of carbonyl (C=O) groups is 2. The molecule has 7 nitrogen and oxygen atoms in total. The number of methoxy groups -OCH3 is 1. The fourth-order valence-corrected chi connectivity index (χ4v) is 1.32. The second-order valence-corrected chi connectivity index (χ2v) is 5.14. The smallest absolute Gasteiger partial charge is 0.467 e. The minimum absolute atomic E-state index is 0.259. The van der Waals surface area contributed by atoms with E-state index in [1.54, 1.807) is 20.8 Å². The average molecular weight is 287 g/mol. The van der Waals surface area contributed by atoms with E-state index in [-0.39, 0.29) is 6.42 Å². The van der Waals surface area contributed by atoms with Crippen molar-refractivity contribution in [3.8, 4) is 0 Å². The minimum Gasteiger partial charge on any atom is -0.467 e. The van der Waals surface area contributed by atoms with E-state index in [1.165, 1.54) is 19.2 Å². The van der Waals surface area contributed by atoms with Gasteiger partial charge in [-0.2, -0.15) is 0 Å². The molecule has 0 aliphatic rings. The molecule has 8 heteroatoms. The topological polar surface area (TPSA) is 105 Å². The highest BCUT2D eigenvalue weighted by molar-refractivity contribution is 6.47. The number of alkyl carbamates (subject to hydrolysis) is 1. The van der Waals surface area contributed by atoms with Crippen molar-refractivity contribution in [1.82, 2.24) is 5.32 Å². The standard InChI is InChI=1S/C12H22BNO6/c1-12(2,3)20-11(16)14-9(10(15)19-4)7-5-6-8-13(17)18/h6,8-9,17-18H,5,7H2,1-4H3,(H,14,16)/b8-6+/t9-/m0/s1. The van der Waals surface area contributed by atoms with Crippen LogP contribution in [0, 0.1) is 0 Å². The molecule has 0 aromatic heterocycles. The predicted molar refractivity (Wildman–Crippen MR) is 73.7 cm³/mol. The Morgan fingerprint density at radius 3 is 2.40 bits per heavy atom. The van der Waals surface area contributed by atoms with Crippen molar-refractivity contribution in [2.75, 3.05) is 7.11 Å². The van der Waals surface area contributed by atoms with Gasteiger partial charge >= 0.3 is 19.2 Å². The molecule has 20 heavy (non-hydrogen) atoms. The summed E-state index contributed by atoms with van der Waals surface area (Å²) in [7, 11) is -0.315. The van der Waals surface area contributed by atoms with Gasteiger partial charge in [0.25, 0.3) is 0 Å². The van der Waals surface area contributed by atoms with Gasteiger partial charge in [-0.1, -0.05) is 12.1 Å². The third-order valence-corrected chi connectivity index (χ3v) is 2.11. The molecule has 0 radical (unpaired) electrons. The number of rotatable bonds is 6. The number of esters is 1. The number of allylic oxidation sites excluding steroid dienone is 1. The molecular weight excluding hydrogens is 265 g/mol. The normalized spacial score (nSPS) is 12.9. The van der Waals surface area contributed by atoms with E-state index in [2.05, 4.69) is 10.1 Å². The van der Waals surface area contributed by atoms with Gasteiger partial charge in [-0.25, -0.2) is 9.59 Å². The lowest BCUT2D eigenvalue weighted by Crippen LogP contribution is -2.43. The predicted octanol–water partition coefficient (Wildman–Crippen LogP) is 0.401. The third kappa shape index (κ3) is 9.40. The van der Waals surface area contributed by atoms with E-state index in [0.29, 0.717) is 6.42 Å². The van der Waals surface area contributed by atoms with E-state index < -0.39 is 30.8 Å². The first-order chi connectivity index (χ1) is 9.15. The van der Waals surface area contributed by atoms with E-state index in [9.17, 15) is 9.59 Å². The SMILES string of the molecule is COC(=O)[C@H](CC/C=C/B(O)O)NC(=O)OC(C)(C)C. The third-order valence-electron chi connectivity index (χ3n) is 2.11. The van der Waals surface area contributed by atoms with Crippen LogP contribution < -0.4 is 5.32 Å². The molecule has 1 atom stereocenters. The van der Waals surface area contributed by atoms with Gasteiger partial charge in [0.1, 0.15) is 11.6 Å². The molecule has 0 unspecified atom stereocenters. The molecular formula is C12H22BNO6. The highest BCUT2D eigenvalue weighted by atomic mass is 16.6. The summed E-state index contributed by atoms with van der Waals surface area (Å²) in [5, 5.41) is 19.7. The molecule has 0 aromatic carbocycles. The fourth-order valence-electron chi connectivity index (χ4n) is 1.32. The minimum atomic E-state index is -1.54. The summed E-state index contributed by atoms with van der Waals surface area (Å²) < 4.78 is 9.64. The number of carbonyl (C=O) groups excluding carboxylic acids is 2. The van der Waals surface area contributed by atoms with Crippen LogP contribution in [0.15, 0.2) is 12.1 Å².